The summed E-state index contributed by atoms with van der Waals surface area (Å²) >= 11 is 6.10. The van der Waals surface area contributed by atoms with Crippen molar-refractivity contribution in [1.29, 1.82) is 0 Å². The van der Waals surface area contributed by atoms with Crippen LogP contribution in [0.25, 0.3) is 0 Å². The number of benzene rings is 2. The van der Waals surface area contributed by atoms with E-state index in [1.54, 1.807) is 37.3 Å². The molecule has 2 atom stereocenters. The zero-order chi connectivity index (χ0) is 23.7. The van der Waals surface area contributed by atoms with Gasteiger partial charge in [-0.1, -0.05) is 30.7 Å². The summed E-state index contributed by atoms with van der Waals surface area (Å²) in [5, 5.41) is 3.49. The number of hydrogen-bond acceptors (Lipinski definition) is 5. The molecule has 7 nitrogen and oxygen atoms in total. The van der Waals surface area contributed by atoms with Crippen LogP contribution in [0, 0.1) is 0 Å². The third-order valence-electron chi connectivity index (χ3n) is 5.10. The third-order valence-corrected chi connectivity index (χ3v) is 5.33. The van der Waals surface area contributed by atoms with E-state index < -0.39 is 6.04 Å². The largest absolute Gasteiger partial charge is 0.496 e. The van der Waals surface area contributed by atoms with Crippen LogP contribution in [0.2, 0.25) is 5.02 Å². The second-order valence-corrected chi connectivity index (χ2v) is 7.92. The third kappa shape index (κ3) is 7.34. The summed E-state index contributed by atoms with van der Waals surface area (Å²) in [4.78, 5) is 27.4. The van der Waals surface area contributed by atoms with Gasteiger partial charge in [-0.15, -0.1) is 0 Å². The molecule has 0 saturated heterocycles. The van der Waals surface area contributed by atoms with Crippen molar-refractivity contribution >= 4 is 23.4 Å². The maximum atomic E-state index is 13.1. The summed E-state index contributed by atoms with van der Waals surface area (Å²) in [5.74, 6) is 0.957. The molecule has 8 heteroatoms. The predicted octanol–water partition coefficient (Wildman–Crippen LogP) is 4.07. The normalized spacial score (nSPS) is 12.4. The molecule has 2 unspecified atom stereocenters. The molecular formula is C24H31ClN2O5. The zero-order valence-corrected chi connectivity index (χ0v) is 19.9. The Kier molecular flexibility index (Phi) is 9.65. The summed E-state index contributed by atoms with van der Waals surface area (Å²) in [6, 6.07) is 11.5. The van der Waals surface area contributed by atoms with E-state index in [1.165, 1.54) is 19.1 Å². The van der Waals surface area contributed by atoms with Crippen LogP contribution in [0.3, 0.4) is 0 Å². The van der Waals surface area contributed by atoms with Crippen LogP contribution >= 0.6 is 11.6 Å². The number of methoxy groups -OCH3 is 2. The fourth-order valence-electron chi connectivity index (χ4n) is 2.97. The maximum absolute atomic E-state index is 13.1. The minimum absolute atomic E-state index is 0.00794. The van der Waals surface area contributed by atoms with Gasteiger partial charge in [0.05, 0.1) is 14.2 Å². The molecule has 0 saturated carbocycles. The van der Waals surface area contributed by atoms with Crippen molar-refractivity contribution in [1.82, 2.24) is 10.2 Å². The van der Waals surface area contributed by atoms with Gasteiger partial charge in [0.1, 0.15) is 23.3 Å². The van der Waals surface area contributed by atoms with Crippen LogP contribution in [0.4, 0.5) is 0 Å². The van der Waals surface area contributed by atoms with Gasteiger partial charge in [0.15, 0.2) is 6.61 Å². The minimum atomic E-state index is -0.695. The van der Waals surface area contributed by atoms with Gasteiger partial charge in [0.25, 0.3) is 5.91 Å². The van der Waals surface area contributed by atoms with Crippen molar-refractivity contribution in [2.45, 2.75) is 45.8 Å². The van der Waals surface area contributed by atoms with Gasteiger partial charge in [0, 0.05) is 35.8 Å². The van der Waals surface area contributed by atoms with Gasteiger partial charge < -0.3 is 24.4 Å². The molecule has 0 aliphatic carbocycles. The summed E-state index contributed by atoms with van der Waals surface area (Å²) in [7, 11) is 3.07. The van der Waals surface area contributed by atoms with Crippen molar-refractivity contribution in [3.05, 3.63) is 53.1 Å². The first kappa shape index (κ1) is 25.3. The lowest BCUT2D eigenvalue weighted by atomic mass is 10.1. The molecule has 0 bridgehead atoms. The number of hydrogen-bond donors (Lipinski definition) is 1. The summed E-state index contributed by atoms with van der Waals surface area (Å²) in [6.07, 6.45) is 0.793. The summed E-state index contributed by atoms with van der Waals surface area (Å²) in [5.41, 5.74) is 0.817. The van der Waals surface area contributed by atoms with Gasteiger partial charge in [-0.3, -0.25) is 9.59 Å². The monoisotopic (exact) mass is 462 g/mol. The fourth-order valence-corrected chi connectivity index (χ4v) is 3.19. The van der Waals surface area contributed by atoms with Gasteiger partial charge in [-0.2, -0.15) is 0 Å². The SMILES string of the molecule is CCC(C)NC(=O)C(C)N(Cc1cccc(Cl)c1)C(=O)COc1cc(OC)cc(OC)c1. The van der Waals surface area contributed by atoms with E-state index in [1.807, 2.05) is 26.0 Å². The average molecular weight is 463 g/mol. The molecule has 174 valence electrons. The maximum Gasteiger partial charge on any atom is 0.261 e. The second kappa shape index (κ2) is 12.2. The molecule has 0 aliphatic heterocycles. The lowest BCUT2D eigenvalue weighted by Crippen LogP contribution is -2.50. The lowest BCUT2D eigenvalue weighted by Gasteiger charge is -2.29. The topological polar surface area (TPSA) is 77.1 Å². The Morgan fingerprint density at radius 2 is 1.66 bits per heavy atom. The second-order valence-electron chi connectivity index (χ2n) is 7.48. The molecule has 0 aliphatic rings. The van der Waals surface area contributed by atoms with Gasteiger partial charge in [-0.25, -0.2) is 0 Å². The number of rotatable bonds is 11. The quantitative estimate of drug-likeness (QED) is 0.544. The predicted molar refractivity (Wildman–Crippen MR) is 124 cm³/mol. The van der Waals surface area contributed by atoms with Crippen molar-refractivity contribution in [2.75, 3.05) is 20.8 Å². The zero-order valence-electron chi connectivity index (χ0n) is 19.2. The number of ether oxygens (including phenoxy) is 3. The smallest absolute Gasteiger partial charge is 0.261 e. The van der Waals surface area contributed by atoms with Crippen LogP contribution < -0.4 is 19.5 Å². The Bertz CT molecular complexity index is 899. The molecule has 2 aromatic carbocycles. The Hall–Kier alpha value is -2.93. The van der Waals surface area contributed by atoms with Gasteiger partial charge in [-0.05, 0) is 38.0 Å². The van der Waals surface area contributed by atoms with E-state index in [0.29, 0.717) is 22.3 Å². The highest BCUT2D eigenvalue weighted by molar-refractivity contribution is 6.30. The molecule has 2 amide bonds. The van der Waals surface area contributed by atoms with E-state index in [-0.39, 0.29) is 31.0 Å². The molecule has 0 fully saturated rings. The standard InChI is InChI=1S/C24H31ClN2O5/c1-6-16(2)26-24(29)17(3)27(14-18-8-7-9-19(25)10-18)23(28)15-32-22-12-20(30-4)11-21(13-22)31-5/h7-13,16-17H,6,14-15H2,1-5H3,(H,26,29). The Balaban J connectivity index is 2.20. The molecule has 0 spiro atoms. The number of nitrogens with one attached hydrogen (secondary N) is 1. The first-order chi connectivity index (χ1) is 15.3. The van der Waals surface area contributed by atoms with E-state index in [9.17, 15) is 9.59 Å². The van der Waals surface area contributed by atoms with Crippen LogP contribution in [-0.4, -0.2) is 49.6 Å². The summed E-state index contributed by atoms with van der Waals surface area (Å²) in [6.45, 7) is 5.58. The van der Waals surface area contributed by atoms with Crippen molar-refractivity contribution in [3.63, 3.8) is 0 Å². The van der Waals surface area contributed by atoms with E-state index in [0.717, 1.165) is 12.0 Å². The molecule has 2 rings (SSSR count). The Morgan fingerprint density at radius 1 is 1.03 bits per heavy atom. The molecule has 1 N–H and O–H groups in total. The molecule has 0 heterocycles. The van der Waals surface area contributed by atoms with Gasteiger partial charge >= 0.3 is 0 Å². The number of halogens is 1. The fraction of sp³-hybridized carbons (Fsp3) is 0.417. The average Bonchev–Trinajstić information content (AvgIpc) is 2.80. The number of amides is 2. The molecule has 0 radical (unpaired) electrons. The first-order valence-electron chi connectivity index (χ1n) is 10.5. The molecule has 32 heavy (non-hydrogen) atoms. The van der Waals surface area contributed by atoms with Crippen LogP contribution in [-0.2, 0) is 16.1 Å². The number of carbonyl (C=O) groups excluding carboxylic acids is 2. The number of carbonyl (C=O) groups is 2. The lowest BCUT2D eigenvalue weighted by molar-refractivity contribution is -0.142. The summed E-state index contributed by atoms with van der Waals surface area (Å²) < 4.78 is 16.2. The Morgan fingerprint density at radius 3 is 2.22 bits per heavy atom. The first-order valence-corrected chi connectivity index (χ1v) is 10.8. The highest BCUT2D eigenvalue weighted by Crippen LogP contribution is 2.27. The number of nitrogens with zero attached hydrogens (tertiary/aromatic N) is 1. The highest BCUT2D eigenvalue weighted by atomic mass is 35.5. The van der Waals surface area contributed by atoms with Crippen molar-refractivity contribution < 1.29 is 23.8 Å². The molecule has 2 aromatic rings. The highest BCUT2D eigenvalue weighted by Gasteiger charge is 2.27. The molecular weight excluding hydrogens is 432 g/mol. The van der Waals surface area contributed by atoms with Crippen LogP contribution in [0.1, 0.15) is 32.8 Å². The van der Waals surface area contributed by atoms with E-state index in [4.69, 9.17) is 25.8 Å². The van der Waals surface area contributed by atoms with Crippen molar-refractivity contribution in [3.8, 4) is 17.2 Å². The van der Waals surface area contributed by atoms with E-state index >= 15 is 0 Å². The van der Waals surface area contributed by atoms with Gasteiger partial charge in [0.2, 0.25) is 5.91 Å². The van der Waals surface area contributed by atoms with Crippen LogP contribution in [0.15, 0.2) is 42.5 Å². The molecule has 0 aromatic heterocycles. The van der Waals surface area contributed by atoms with E-state index in [2.05, 4.69) is 5.32 Å². The van der Waals surface area contributed by atoms with Crippen LogP contribution in [0.5, 0.6) is 17.2 Å². The Labute approximate surface area is 194 Å². The minimum Gasteiger partial charge on any atom is -0.496 e. The van der Waals surface area contributed by atoms with Crippen molar-refractivity contribution in [2.24, 2.45) is 0 Å².